The van der Waals surface area contributed by atoms with Crippen molar-refractivity contribution in [3.63, 3.8) is 0 Å². The summed E-state index contributed by atoms with van der Waals surface area (Å²) in [6.07, 6.45) is -2.41. The molecule has 0 aromatic heterocycles. The summed E-state index contributed by atoms with van der Waals surface area (Å²) in [7, 11) is -7.59. The average molecular weight is 714 g/mol. The molecule has 2 saturated heterocycles. The third kappa shape index (κ3) is 10.4. The Labute approximate surface area is 282 Å². The number of fused-ring (bicyclic) bond motifs is 1. The summed E-state index contributed by atoms with van der Waals surface area (Å²) in [5, 5.41) is 14.3. The number of aliphatic hydroxyl groups is 1. The van der Waals surface area contributed by atoms with Crippen molar-refractivity contribution < 1.29 is 50.9 Å². The molecular weight excluding hydrogens is 665 g/mol. The minimum atomic E-state index is -4.11. The quantitative estimate of drug-likeness (QED) is 0.149. The summed E-state index contributed by atoms with van der Waals surface area (Å²) in [4.78, 5) is 13.1. The second kappa shape index (κ2) is 17.3. The molecule has 14 nitrogen and oxygen atoms in total. The first-order valence-corrected chi connectivity index (χ1v) is 19.3. The van der Waals surface area contributed by atoms with Gasteiger partial charge >= 0.3 is 13.7 Å². The molecule has 5 atom stereocenters. The Morgan fingerprint density at radius 3 is 2.35 bits per heavy atom. The van der Waals surface area contributed by atoms with E-state index in [4.69, 9.17) is 33.7 Å². The second-order valence-electron chi connectivity index (χ2n) is 12.1. The predicted octanol–water partition coefficient (Wildman–Crippen LogP) is 3.98. The Hall–Kier alpha value is -2.75. The number of carbonyl (C=O) groups excluding carboxylic acids is 1. The van der Waals surface area contributed by atoms with Crippen molar-refractivity contribution in [1.82, 2.24) is 9.62 Å². The lowest BCUT2D eigenvalue weighted by atomic mass is 10.0. The van der Waals surface area contributed by atoms with Gasteiger partial charge in [-0.05, 0) is 74.6 Å². The number of benzene rings is 2. The van der Waals surface area contributed by atoms with Crippen LogP contribution in [0.25, 0.3) is 0 Å². The van der Waals surface area contributed by atoms with Gasteiger partial charge < -0.3 is 44.2 Å². The van der Waals surface area contributed by atoms with Gasteiger partial charge in [0, 0.05) is 18.8 Å². The Morgan fingerprint density at radius 1 is 1.06 bits per heavy atom. The van der Waals surface area contributed by atoms with Crippen molar-refractivity contribution in [1.29, 1.82) is 0 Å². The topological polar surface area (TPSA) is 185 Å². The minimum absolute atomic E-state index is 0.0301. The fourth-order valence-electron chi connectivity index (χ4n) is 5.59. The molecule has 16 heteroatoms. The van der Waals surface area contributed by atoms with E-state index in [0.29, 0.717) is 18.7 Å². The molecule has 2 aliphatic heterocycles. The maximum absolute atomic E-state index is 13.9. The summed E-state index contributed by atoms with van der Waals surface area (Å²) in [6.45, 7) is 8.00. The van der Waals surface area contributed by atoms with Gasteiger partial charge in [0.05, 0.1) is 49.4 Å². The molecule has 48 heavy (non-hydrogen) atoms. The molecule has 0 aliphatic carbocycles. The van der Waals surface area contributed by atoms with E-state index in [1.165, 1.54) is 28.6 Å². The molecule has 4 N–H and O–H groups in total. The smallest absolute Gasteiger partial charge is 0.407 e. The van der Waals surface area contributed by atoms with Gasteiger partial charge in [-0.15, -0.1) is 0 Å². The normalized spacial score (nSPS) is 20.9. The largest absolute Gasteiger partial charge is 0.481 e. The predicted molar refractivity (Wildman–Crippen MR) is 178 cm³/mol. The number of amides is 1. The minimum Gasteiger partial charge on any atom is -0.481 e. The third-order valence-electron chi connectivity index (χ3n) is 7.91. The summed E-state index contributed by atoms with van der Waals surface area (Å²) >= 11 is 0. The van der Waals surface area contributed by atoms with Crippen molar-refractivity contribution in [3.8, 4) is 5.75 Å². The van der Waals surface area contributed by atoms with Crippen LogP contribution in [0.4, 0.5) is 10.5 Å². The van der Waals surface area contributed by atoms with Crippen molar-refractivity contribution >= 4 is 29.4 Å². The van der Waals surface area contributed by atoms with E-state index >= 15 is 0 Å². The number of aliphatic hydroxyl groups excluding tert-OH is 1. The number of nitrogen functional groups attached to an aromatic ring is 1. The molecule has 2 aromatic carbocycles. The molecule has 1 amide bonds. The van der Waals surface area contributed by atoms with Crippen molar-refractivity contribution in [2.75, 3.05) is 51.6 Å². The second-order valence-corrected chi connectivity index (χ2v) is 16.1. The van der Waals surface area contributed by atoms with Crippen LogP contribution in [0.5, 0.6) is 5.75 Å². The van der Waals surface area contributed by atoms with Gasteiger partial charge in [0.2, 0.25) is 10.0 Å². The lowest BCUT2D eigenvalue weighted by Crippen LogP contribution is -2.51. The summed E-state index contributed by atoms with van der Waals surface area (Å²) in [6, 6.07) is 11.7. The number of hydrogen-bond acceptors (Lipinski definition) is 12. The van der Waals surface area contributed by atoms with Gasteiger partial charge in [0.1, 0.15) is 11.9 Å². The van der Waals surface area contributed by atoms with Gasteiger partial charge in [0.15, 0.2) is 12.6 Å². The maximum atomic E-state index is 13.9. The first-order valence-electron chi connectivity index (χ1n) is 16.2. The summed E-state index contributed by atoms with van der Waals surface area (Å²) < 4.78 is 74.6. The molecule has 2 heterocycles. The lowest BCUT2D eigenvalue weighted by Gasteiger charge is -2.31. The first kappa shape index (κ1) is 38.1. The Bertz CT molecular complexity index is 1470. The van der Waals surface area contributed by atoms with Crippen molar-refractivity contribution in [2.45, 2.75) is 70.0 Å². The maximum Gasteiger partial charge on any atom is 0.407 e. The van der Waals surface area contributed by atoms with E-state index in [2.05, 4.69) is 5.32 Å². The fourth-order valence-corrected chi connectivity index (χ4v) is 8.53. The van der Waals surface area contributed by atoms with Gasteiger partial charge in [-0.3, -0.25) is 4.57 Å². The number of alkyl carbamates (subject to hydrolysis) is 1. The van der Waals surface area contributed by atoms with E-state index in [1.807, 2.05) is 13.8 Å². The lowest BCUT2D eigenvalue weighted by molar-refractivity contribution is -0.0907. The van der Waals surface area contributed by atoms with Gasteiger partial charge in [0.25, 0.3) is 0 Å². The van der Waals surface area contributed by atoms with Gasteiger partial charge in [-0.1, -0.05) is 26.0 Å². The number of nitrogens with one attached hydrogen (secondary N) is 1. The van der Waals surface area contributed by atoms with Crippen molar-refractivity contribution in [2.24, 2.45) is 11.8 Å². The Balaban J connectivity index is 1.49. The zero-order chi connectivity index (χ0) is 34.9. The van der Waals surface area contributed by atoms with E-state index in [0.717, 1.165) is 5.56 Å². The Morgan fingerprint density at radius 2 is 1.73 bits per heavy atom. The van der Waals surface area contributed by atoms with E-state index in [1.54, 1.807) is 38.1 Å². The van der Waals surface area contributed by atoms with Crippen LogP contribution in [-0.2, 0) is 44.3 Å². The van der Waals surface area contributed by atoms with E-state index in [-0.39, 0.29) is 68.2 Å². The van der Waals surface area contributed by atoms with Gasteiger partial charge in [-0.2, -0.15) is 4.31 Å². The van der Waals surface area contributed by atoms with Crippen LogP contribution in [0.2, 0.25) is 0 Å². The highest BCUT2D eigenvalue weighted by Crippen LogP contribution is 2.48. The first-order chi connectivity index (χ1) is 22.8. The SMILES string of the molecule is CCOP(=O)(COc1ccc(S(=O)(=O)N(CC(C)C)C[C@@H](O)[C@H](Cc2ccc(N)cc2)NC(=O)O[C@H]2CO[C@H]3OCC[C@H]32)cc1)OCC. The van der Waals surface area contributed by atoms with E-state index < -0.39 is 48.3 Å². The number of rotatable bonds is 18. The molecule has 0 unspecified atom stereocenters. The van der Waals surface area contributed by atoms with Crippen molar-refractivity contribution in [3.05, 3.63) is 54.1 Å². The van der Waals surface area contributed by atoms with Crippen LogP contribution >= 0.6 is 7.60 Å². The number of nitrogens with two attached hydrogens (primary N) is 1. The molecule has 268 valence electrons. The van der Waals surface area contributed by atoms with Crippen LogP contribution < -0.4 is 15.8 Å². The highest BCUT2D eigenvalue weighted by molar-refractivity contribution is 7.89. The number of nitrogens with zero attached hydrogens (tertiary/aromatic N) is 1. The molecule has 2 aliphatic rings. The average Bonchev–Trinajstić information content (AvgIpc) is 3.66. The Kier molecular flexibility index (Phi) is 13.7. The highest BCUT2D eigenvalue weighted by atomic mass is 32.2. The standard InChI is InChI=1S/C32H48N3O11PS/c1-5-44-47(38,45-6-2)21-43-25-11-13-26(14-12-25)48(39,40)35(18-22(3)4)19-29(36)28(17-23-7-9-24(33)10-8-23)34-32(37)46-30-20-42-31-27(30)15-16-41-31/h7-14,22,27-31,36H,5-6,15-21,33H2,1-4H3,(H,34,37)/t27-,28-,29+,30-,31+/m0/s1. The number of hydrogen-bond donors (Lipinski definition) is 3. The van der Waals surface area contributed by atoms with Crippen LogP contribution in [-0.4, -0.2) is 94.3 Å². The zero-order valence-electron chi connectivity index (χ0n) is 27.9. The summed E-state index contributed by atoms with van der Waals surface area (Å²) in [5.41, 5.74) is 7.18. The van der Waals surface area contributed by atoms with E-state index in [9.17, 15) is 22.9 Å². The molecule has 2 fully saturated rings. The number of ether oxygens (including phenoxy) is 4. The molecule has 2 aromatic rings. The molecule has 0 spiro atoms. The number of anilines is 1. The highest BCUT2D eigenvalue weighted by Gasteiger charge is 2.44. The van der Waals surface area contributed by atoms with Gasteiger partial charge in [-0.25, -0.2) is 13.2 Å². The van der Waals surface area contributed by atoms with Crippen LogP contribution in [0, 0.1) is 11.8 Å². The third-order valence-corrected chi connectivity index (χ3v) is 11.5. The van der Waals surface area contributed by atoms with Crippen LogP contribution in [0.15, 0.2) is 53.4 Å². The van der Waals surface area contributed by atoms with Crippen LogP contribution in [0.3, 0.4) is 0 Å². The molecule has 4 rings (SSSR count). The zero-order valence-corrected chi connectivity index (χ0v) is 29.6. The molecule has 0 radical (unpaired) electrons. The van der Waals surface area contributed by atoms with Crippen LogP contribution in [0.1, 0.15) is 39.7 Å². The molecule has 0 bridgehead atoms. The molecular formula is C32H48N3O11PS. The fraction of sp³-hybridized carbons (Fsp3) is 0.594. The number of carbonyl (C=O) groups is 1. The monoisotopic (exact) mass is 713 g/mol. The number of sulfonamides is 1. The summed E-state index contributed by atoms with van der Waals surface area (Å²) in [5.74, 6) is 0.121. The molecule has 0 saturated carbocycles.